The fraction of sp³-hybridized carbons (Fsp3) is 0. The molecule has 0 saturated carbocycles. The molecule has 1 amide bonds. The van der Waals surface area contributed by atoms with Crippen molar-refractivity contribution in [3.05, 3.63) is 53.9 Å². The number of rotatable bonds is 3. The van der Waals surface area contributed by atoms with Crippen LogP contribution in [-0.4, -0.2) is 27.4 Å². The maximum absolute atomic E-state index is 11.7. The van der Waals surface area contributed by atoms with Gasteiger partial charge in [-0.15, -0.1) is 0 Å². The Bertz CT molecular complexity index is 767. The average molecular weight is 267 g/mol. The highest BCUT2D eigenvalue weighted by Gasteiger charge is 2.02. The van der Waals surface area contributed by atoms with Crippen LogP contribution in [0.3, 0.4) is 0 Å². The summed E-state index contributed by atoms with van der Waals surface area (Å²) in [4.78, 5) is 15.6. The van der Waals surface area contributed by atoms with Gasteiger partial charge in [0, 0.05) is 18.0 Å². The predicted octanol–water partition coefficient (Wildman–Crippen LogP) is 1.38. The van der Waals surface area contributed by atoms with E-state index in [9.17, 15) is 4.79 Å². The summed E-state index contributed by atoms with van der Waals surface area (Å²) in [5.74, 6) is -0.298. The second-order valence-electron chi connectivity index (χ2n) is 3.95. The van der Waals surface area contributed by atoms with Crippen molar-refractivity contribution >= 4 is 23.2 Å². The molecule has 7 nitrogen and oxygen atoms in total. The van der Waals surface area contributed by atoms with Crippen LogP contribution in [0.1, 0.15) is 15.9 Å². The van der Waals surface area contributed by atoms with Gasteiger partial charge in [-0.25, -0.2) is 10.1 Å². The zero-order valence-electron chi connectivity index (χ0n) is 10.2. The molecule has 0 atom stereocenters. The topological polar surface area (TPSA) is 93.3 Å². The Morgan fingerprint density at radius 1 is 1.15 bits per heavy atom. The first kappa shape index (κ1) is 12.0. The average Bonchev–Trinajstić information content (AvgIpc) is 2.95. The van der Waals surface area contributed by atoms with Crippen LogP contribution in [-0.2, 0) is 0 Å². The molecule has 2 aromatic heterocycles. The number of hydrogen-bond acceptors (Lipinski definition) is 6. The molecule has 3 rings (SSSR count). The van der Waals surface area contributed by atoms with Gasteiger partial charge in [0.15, 0.2) is 0 Å². The van der Waals surface area contributed by atoms with Crippen LogP contribution in [0.25, 0.3) is 11.0 Å². The molecule has 1 aromatic carbocycles. The van der Waals surface area contributed by atoms with Gasteiger partial charge >= 0.3 is 0 Å². The lowest BCUT2D eigenvalue weighted by atomic mass is 10.2. The van der Waals surface area contributed by atoms with Crippen molar-refractivity contribution < 1.29 is 9.42 Å². The van der Waals surface area contributed by atoms with E-state index in [-0.39, 0.29) is 5.91 Å². The summed E-state index contributed by atoms with van der Waals surface area (Å²) in [5, 5.41) is 11.3. The first-order valence-electron chi connectivity index (χ1n) is 5.79. The molecule has 7 heteroatoms. The number of fused-ring (bicyclic) bond motifs is 1. The maximum atomic E-state index is 11.7. The van der Waals surface area contributed by atoms with E-state index in [0.29, 0.717) is 16.6 Å². The second kappa shape index (κ2) is 5.27. The number of aromatic nitrogens is 3. The Hall–Kier alpha value is -3.09. The van der Waals surface area contributed by atoms with Gasteiger partial charge in [0.2, 0.25) is 0 Å². The third-order valence-electron chi connectivity index (χ3n) is 2.60. The van der Waals surface area contributed by atoms with Crippen LogP contribution < -0.4 is 5.43 Å². The SMILES string of the molecule is O=C(N/N=C\c1ccc2nonc2c1)c1ccncc1. The van der Waals surface area contributed by atoms with Gasteiger partial charge in [-0.1, -0.05) is 6.07 Å². The highest BCUT2D eigenvalue weighted by atomic mass is 16.6. The molecular formula is C13H9N5O2. The molecule has 1 N–H and O–H groups in total. The molecule has 98 valence electrons. The molecule has 20 heavy (non-hydrogen) atoms. The Morgan fingerprint density at radius 2 is 1.95 bits per heavy atom. The Labute approximate surface area is 113 Å². The van der Waals surface area contributed by atoms with Crippen molar-refractivity contribution in [2.45, 2.75) is 0 Å². The minimum absolute atomic E-state index is 0.298. The number of benzene rings is 1. The molecule has 0 spiro atoms. The van der Waals surface area contributed by atoms with Crippen molar-refractivity contribution in [1.29, 1.82) is 0 Å². The third kappa shape index (κ3) is 2.51. The molecule has 0 fully saturated rings. The predicted molar refractivity (Wildman–Crippen MR) is 71.1 cm³/mol. The smallest absolute Gasteiger partial charge is 0.267 e. The normalized spacial score (nSPS) is 11.0. The molecule has 0 aliphatic carbocycles. The molecule has 0 aliphatic rings. The van der Waals surface area contributed by atoms with E-state index in [1.807, 2.05) is 0 Å². The number of nitrogens with one attached hydrogen (secondary N) is 1. The molecule has 0 radical (unpaired) electrons. The summed E-state index contributed by atoms with van der Waals surface area (Å²) in [7, 11) is 0. The van der Waals surface area contributed by atoms with E-state index >= 15 is 0 Å². The largest absolute Gasteiger partial charge is 0.271 e. The summed E-state index contributed by atoms with van der Waals surface area (Å²) in [5.41, 5.74) is 5.01. The van der Waals surface area contributed by atoms with Gasteiger partial charge in [-0.2, -0.15) is 5.10 Å². The van der Waals surface area contributed by atoms with E-state index in [2.05, 4.69) is 30.5 Å². The zero-order valence-corrected chi connectivity index (χ0v) is 10.2. The van der Waals surface area contributed by atoms with Gasteiger partial charge < -0.3 is 0 Å². The first-order valence-corrected chi connectivity index (χ1v) is 5.79. The molecule has 0 unspecified atom stereocenters. The first-order chi connectivity index (χ1) is 9.83. The second-order valence-corrected chi connectivity index (χ2v) is 3.95. The Kier molecular flexibility index (Phi) is 3.15. The van der Waals surface area contributed by atoms with Gasteiger partial charge in [0.05, 0.1) is 6.21 Å². The van der Waals surface area contributed by atoms with E-state index in [0.717, 1.165) is 5.56 Å². The van der Waals surface area contributed by atoms with Gasteiger partial charge in [-0.3, -0.25) is 9.78 Å². The fourth-order valence-electron chi connectivity index (χ4n) is 1.61. The summed E-state index contributed by atoms with van der Waals surface area (Å²) in [6.45, 7) is 0. The van der Waals surface area contributed by atoms with Gasteiger partial charge in [0.1, 0.15) is 11.0 Å². The van der Waals surface area contributed by atoms with E-state index in [1.54, 1.807) is 42.7 Å². The molecule has 2 heterocycles. The van der Waals surface area contributed by atoms with Gasteiger partial charge in [0.25, 0.3) is 5.91 Å². The molecular weight excluding hydrogens is 258 g/mol. The van der Waals surface area contributed by atoms with Crippen LogP contribution in [0.5, 0.6) is 0 Å². The monoisotopic (exact) mass is 267 g/mol. The highest BCUT2D eigenvalue weighted by molar-refractivity contribution is 5.95. The molecule has 0 aliphatic heterocycles. The van der Waals surface area contributed by atoms with E-state index in [1.165, 1.54) is 6.21 Å². The summed E-state index contributed by atoms with van der Waals surface area (Å²) >= 11 is 0. The molecule has 0 saturated heterocycles. The quantitative estimate of drug-likeness (QED) is 0.571. The minimum Gasteiger partial charge on any atom is -0.267 e. The van der Waals surface area contributed by atoms with Crippen LogP contribution >= 0.6 is 0 Å². The number of carbonyl (C=O) groups excluding carboxylic acids is 1. The standard InChI is InChI=1S/C13H9N5O2/c19-13(10-3-5-14-6-4-10)16-15-8-9-1-2-11-12(7-9)18-20-17-11/h1-8H,(H,16,19)/b15-8-. The van der Waals surface area contributed by atoms with Crippen molar-refractivity contribution in [2.24, 2.45) is 5.10 Å². The number of hydrazone groups is 1. The third-order valence-corrected chi connectivity index (χ3v) is 2.60. The highest BCUT2D eigenvalue weighted by Crippen LogP contribution is 2.09. The zero-order chi connectivity index (χ0) is 13.8. The van der Waals surface area contributed by atoms with E-state index < -0.39 is 0 Å². The maximum Gasteiger partial charge on any atom is 0.271 e. The van der Waals surface area contributed by atoms with Crippen molar-refractivity contribution in [3.63, 3.8) is 0 Å². The summed E-state index contributed by atoms with van der Waals surface area (Å²) in [6, 6.07) is 8.54. The lowest BCUT2D eigenvalue weighted by Gasteiger charge is -1.98. The van der Waals surface area contributed by atoms with Crippen LogP contribution in [0.4, 0.5) is 0 Å². The van der Waals surface area contributed by atoms with Gasteiger partial charge in [-0.05, 0) is 40.1 Å². The lowest BCUT2D eigenvalue weighted by molar-refractivity contribution is 0.0955. The van der Waals surface area contributed by atoms with Crippen LogP contribution in [0.15, 0.2) is 52.5 Å². The Morgan fingerprint density at radius 3 is 2.80 bits per heavy atom. The van der Waals surface area contributed by atoms with Crippen molar-refractivity contribution in [2.75, 3.05) is 0 Å². The fourth-order valence-corrected chi connectivity index (χ4v) is 1.61. The lowest BCUT2D eigenvalue weighted by Crippen LogP contribution is -2.17. The van der Waals surface area contributed by atoms with Crippen LogP contribution in [0, 0.1) is 0 Å². The minimum atomic E-state index is -0.298. The number of hydrogen-bond donors (Lipinski definition) is 1. The van der Waals surface area contributed by atoms with Crippen molar-refractivity contribution in [1.82, 2.24) is 20.7 Å². The van der Waals surface area contributed by atoms with E-state index in [4.69, 9.17) is 0 Å². The number of nitrogens with zero attached hydrogens (tertiary/aromatic N) is 4. The molecule has 3 aromatic rings. The Balaban J connectivity index is 1.69. The number of pyridine rings is 1. The summed E-state index contributed by atoms with van der Waals surface area (Å²) in [6.07, 6.45) is 4.61. The number of carbonyl (C=O) groups is 1. The molecule has 0 bridgehead atoms. The summed E-state index contributed by atoms with van der Waals surface area (Å²) < 4.78 is 4.60. The number of amides is 1. The van der Waals surface area contributed by atoms with Crippen molar-refractivity contribution in [3.8, 4) is 0 Å². The van der Waals surface area contributed by atoms with Crippen LogP contribution in [0.2, 0.25) is 0 Å².